The molecule has 0 saturated carbocycles. The molecule has 4 rings (SSSR count). The van der Waals surface area contributed by atoms with Crippen LogP contribution in [0.25, 0.3) is 22.5 Å². The number of thioether (sulfide) groups is 1. The normalized spacial score (nSPS) is 10.9. The Morgan fingerprint density at radius 3 is 2.15 bits per heavy atom. The highest BCUT2D eigenvalue weighted by molar-refractivity contribution is 7.98. The van der Waals surface area contributed by atoms with Crippen LogP contribution in [0.4, 0.5) is 0 Å². The van der Waals surface area contributed by atoms with Gasteiger partial charge in [-0.1, -0.05) is 84.0 Å². The van der Waals surface area contributed by atoms with Crippen LogP contribution in [0, 0.1) is 6.92 Å². The van der Waals surface area contributed by atoms with Crippen LogP contribution in [0.1, 0.15) is 28.8 Å². The first-order valence-electron chi connectivity index (χ1n) is 11.1. The van der Waals surface area contributed by atoms with Crippen LogP contribution in [0.2, 0.25) is 0 Å². The summed E-state index contributed by atoms with van der Waals surface area (Å²) in [7, 11) is 0. The van der Waals surface area contributed by atoms with E-state index in [-0.39, 0.29) is 6.42 Å². The number of nitrogens with zero attached hydrogens (tertiary/aromatic N) is 1. The Bertz CT molecular complexity index is 1180. The van der Waals surface area contributed by atoms with Gasteiger partial charge in [-0.3, -0.25) is 4.79 Å². The highest BCUT2D eigenvalue weighted by Crippen LogP contribution is 2.30. The highest BCUT2D eigenvalue weighted by Gasteiger charge is 2.15. The molecule has 0 aliphatic heterocycles. The van der Waals surface area contributed by atoms with Crippen molar-refractivity contribution < 1.29 is 14.4 Å². The van der Waals surface area contributed by atoms with E-state index in [0.717, 1.165) is 51.6 Å². The molecule has 4 aromatic rings. The Morgan fingerprint density at radius 1 is 0.848 bits per heavy atom. The number of rotatable bonds is 10. The van der Waals surface area contributed by atoms with Crippen molar-refractivity contribution in [2.24, 2.45) is 0 Å². The van der Waals surface area contributed by atoms with Gasteiger partial charge in [0.15, 0.2) is 5.76 Å². The second kappa shape index (κ2) is 11.0. The molecule has 0 spiro atoms. The number of carboxylic acids is 1. The SMILES string of the molecule is Cc1noc(-c2ccc(-c3ccc(CCC(=O)O)cc3)cc2)c1CCSCc1ccccc1. The summed E-state index contributed by atoms with van der Waals surface area (Å²) in [4.78, 5) is 10.8. The van der Waals surface area contributed by atoms with E-state index < -0.39 is 5.97 Å². The molecule has 3 aromatic carbocycles. The zero-order valence-corrected chi connectivity index (χ0v) is 19.5. The highest BCUT2D eigenvalue weighted by atomic mass is 32.2. The number of aromatic nitrogens is 1. The van der Waals surface area contributed by atoms with Gasteiger partial charge in [0.25, 0.3) is 0 Å². The van der Waals surface area contributed by atoms with Crippen molar-refractivity contribution in [1.29, 1.82) is 0 Å². The second-order valence-electron chi connectivity index (χ2n) is 8.03. The van der Waals surface area contributed by atoms with E-state index in [2.05, 4.69) is 53.7 Å². The van der Waals surface area contributed by atoms with Gasteiger partial charge in [-0.05, 0) is 47.8 Å². The quantitative estimate of drug-likeness (QED) is 0.265. The number of aliphatic carboxylic acids is 1. The van der Waals surface area contributed by atoms with Gasteiger partial charge in [0.2, 0.25) is 0 Å². The fourth-order valence-electron chi connectivity index (χ4n) is 3.78. The minimum atomic E-state index is -0.772. The molecule has 33 heavy (non-hydrogen) atoms. The smallest absolute Gasteiger partial charge is 0.303 e. The van der Waals surface area contributed by atoms with Crippen LogP contribution in [-0.2, 0) is 23.4 Å². The van der Waals surface area contributed by atoms with E-state index in [1.807, 2.05) is 49.0 Å². The summed E-state index contributed by atoms with van der Waals surface area (Å²) >= 11 is 1.92. The number of hydrogen-bond donors (Lipinski definition) is 1. The van der Waals surface area contributed by atoms with Crippen LogP contribution in [0.3, 0.4) is 0 Å². The molecule has 0 amide bonds. The summed E-state index contributed by atoms with van der Waals surface area (Å²) in [6.45, 7) is 2.00. The first kappa shape index (κ1) is 22.9. The van der Waals surface area contributed by atoms with E-state index in [9.17, 15) is 4.79 Å². The standard InChI is InChI=1S/C28H27NO3S/c1-20-26(17-18-33-19-22-5-3-2-4-6-22)28(32-29-20)25-14-12-24(13-15-25)23-10-7-21(8-11-23)9-16-27(30)31/h2-8,10-15H,9,16-19H2,1H3,(H,30,31). The van der Waals surface area contributed by atoms with Crippen LogP contribution in [-0.4, -0.2) is 22.0 Å². The average Bonchev–Trinajstić information content (AvgIpc) is 3.22. The van der Waals surface area contributed by atoms with Crippen molar-refractivity contribution in [3.8, 4) is 22.5 Å². The van der Waals surface area contributed by atoms with Crippen molar-refractivity contribution in [3.05, 3.63) is 101 Å². The van der Waals surface area contributed by atoms with Gasteiger partial charge < -0.3 is 9.63 Å². The van der Waals surface area contributed by atoms with E-state index >= 15 is 0 Å². The molecule has 0 bridgehead atoms. The molecule has 1 heterocycles. The van der Waals surface area contributed by atoms with Gasteiger partial charge in [-0.25, -0.2) is 0 Å². The fourth-order valence-corrected chi connectivity index (χ4v) is 4.70. The summed E-state index contributed by atoms with van der Waals surface area (Å²) in [5, 5.41) is 13.1. The average molecular weight is 458 g/mol. The Balaban J connectivity index is 1.40. The lowest BCUT2D eigenvalue weighted by Gasteiger charge is -2.07. The molecule has 0 saturated heterocycles. The van der Waals surface area contributed by atoms with E-state index in [0.29, 0.717) is 6.42 Å². The minimum Gasteiger partial charge on any atom is -0.481 e. The summed E-state index contributed by atoms with van der Waals surface area (Å²) in [5.41, 5.74) is 7.74. The molecule has 0 unspecified atom stereocenters. The number of hydrogen-bond acceptors (Lipinski definition) is 4. The molecule has 0 atom stereocenters. The van der Waals surface area contributed by atoms with Crippen molar-refractivity contribution in [2.75, 3.05) is 5.75 Å². The zero-order valence-electron chi connectivity index (χ0n) is 18.7. The Hall–Kier alpha value is -3.31. The molecule has 4 nitrogen and oxygen atoms in total. The van der Waals surface area contributed by atoms with Crippen LogP contribution in [0.5, 0.6) is 0 Å². The van der Waals surface area contributed by atoms with Crippen LogP contribution in [0.15, 0.2) is 83.4 Å². The van der Waals surface area contributed by atoms with Crippen LogP contribution >= 0.6 is 11.8 Å². The molecule has 5 heteroatoms. The van der Waals surface area contributed by atoms with Crippen molar-refractivity contribution in [3.63, 3.8) is 0 Å². The molecule has 0 aliphatic carbocycles. The number of carbonyl (C=O) groups is 1. The molecule has 0 radical (unpaired) electrons. The molecular formula is C28H27NO3S. The molecule has 0 aliphatic rings. The van der Waals surface area contributed by atoms with Crippen molar-refractivity contribution in [1.82, 2.24) is 5.16 Å². The minimum absolute atomic E-state index is 0.151. The maximum Gasteiger partial charge on any atom is 0.303 e. The van der Waals surface area contributed by atoms with Crippen molar-refractivity contribution in [2.45, 2.75) is 31.9 Å². The lowest BCUT2D eigenvalue weighted by atomic mass is 9.99. The third kappa shape index (κ3) is 6.14. The van der Waals surface area contributed by atoms with Gasteiger partial charge in [-0.2, -0.15) is 11.8 Å². The Kier molecular flexibility index (Phi) is 7.63. The fraction of sp³-hybridized carbons (Fsp3) is 0.214. The van der Waals surface area contributed by atoms with Crippen LogP contribution < -0.4 is 0 Å². The van der Waals surface area contributed by atoms with Gasteiger partial charge in [0.1, 0.15) is 0 Å². The first-order chi connectivity index (χ1) is 16.1. The zero-order chi connectivity index (χ0) is 23.0. The third-order valence-electron chi connectivity index (χ3n) is 5.65. The summed E-state index contributed by atoms with van der Waals surface area (Å²) in [6, 6.07) is 26.9. The van der Waals surface area contributed by atoms with Crippen molar-refractivity contribution >= 4 is 17.7 Å². The maximum atomic E-state index is 10.8. The van der Waals surface area contributed by atoms with E-state index in [4.69, 9.17) is 9.63 Å². The monoisotopic (exact) mass is 457 g/mol. The Labute approximate surface area is 198 Å². The third-order valence-corrected chi connectivity index (χ3v) is 6.68. The predicted molar refractivity (Wildman–Crippen MR) is 134 cm³/mol. The second-order valence-corrected chi connectivity index (χ2v) is 9.14. The van der Waals surface area contributed by atoms with Gasteiger partial charge in [0, 0.05) is 23.3 Å². The topological polar surface area (TPSA) is 63.3 Å². The van der Waals surface area contributed by atoms with Gasteiger partial charge in [-0.15, -0.1) is 0 Å². The molecule has 1 aromatic heterocycles. The summed E-state index contributed by atoms with van der Waals surface area (Å²) < 4.78 is 5.70. The predicted octanol–water partition coefficient (Wildman–Crippen LogP) is 6.81. The molecular weight excluding hydrogens is 430 g/mol. The largest absolute Gasteiger partial charge is 0.481 e. The van der Waals surface area contributed by atoms with E-state index in [1.54, 1.807) is 0 Å². The summed E-state index contributed by atoms with van der Waals surface area (Å²) in [5.74, 6) is 2.09. The first-order valence-corrected chi connectivity index (χ1v) is 12.2. The maximum absolute atomic E-state index is 10.8. The molecule has 1 N–H and O–H groups in total. The van der Waals surface area contributed by atoms with E-state index in [1.165, 1.54) is 11.1 Å². The Morgan fingerprint density at radius 2 is 1.48 bits per heavy atom. The lowest BCUT2D eigenvalue weighted by Crippen LogP contribution is -1.97. The number of carboxylic acid groups (broad SMARTS) is 1. The van der Waals surface area contributed by atoms with Gasteiger partial charge >= 0.3 is 5.97 Å². The van der Waals surface area contributed by atoms with Gasteiger partial charge in [0.05, 0.1) is 5.69 Å². The molecule has 0 fully saturated rings. The molecule has 168 valence electrons. The number of benzene rings is 3. The number of aryl methyl sites for hydroxylation is 2. The summed E-state index contributed by atoms with van der Waals surface area (Å²) in [6.07, 6.45) is 1.62. The lowest BCUT2D eigenvalue weighted by molar-refractivity contribution is -0.136.